The van der Waals surface area contributed by atoms with Crippen LogP contribution in [0.5, 0.6) is 0 Å². The number of rotatable bonds is 7. The Kier molecular flexibility index (Phi) is 6.33. The van der Waals surface area contributed by atoms with Crippen LogP contribution in [0.3, 0.4) is 0 Å². The summed E-state index contributed by atoms with van der Waals surface area (Å²) < 4.78 is 30.1. The van der Waals surface area contributed by atoms with Crippen LogP contribution in [0.2, 0.25) is 0 Å². The number of nitrogens with zero attached hydrogens (tertiary/aromatic N) is 4. The van der Waals surface area contributed by atoms with Crippen molar-refractivity contribution in [3.8, 4) is 0 Å². The van der Waals surface area contributed by atoms with Gasteiger partial charge < -0.3 is 4.57 Å². The van der Waals surface area contributed by atoms with Gasteiger partial charge in [0.05, 0.1) is 0 Å². The van der Waals surface area contributed by atoms with Gasteiger partial charge in [0.1, 0.15) is 0 Å². The lowest BCUT2D eigenvalue weighted by molar-refractivity contribution is 0.398. The molecule has 0 radical (unpaired) electrons. The van der Waals surface area contributed by atoms with E-state index in [1.54, 1.807) is 24.5 Å². The van der Waals surface area contributed by atoms with Gasteiger partial charge in [-0.15, -0.1) is 0 Å². The summed E-state index contributed by atoms with van der Waals surface area (Å²) in [6, 6.07) is 11.2. The Morgan fingerprint density at radius 3 is 2.20 bits per heavy atom. The predicted molar refractivity (Wildman–Crippen MR) is 113 cm³/mol. The maximum Gasteiger partial charge on any atom is 0.330 e. The fourth-order valence-corrected chi connectivity index (χ4v) is 4.66. The van der Waals surface area contributed by atoms with Crippen LogP contribution in [0, 0.1) is 0 Å². The highest BCUT2D eigenvalue weighted by atomic mass is 32.2. The van der Waals surface area contributed by atoms with Gasteiger partial charge >= 0.3 is 5.69 Å². The molecule has 0 fully saturated rings. The number of hydrogen-bond acceptors (Lipinski definition) is 5. The van der Waals surface area contributed by atoms with E-state index in [1.807, 2.05) is 31.2 Å². The Bertz CT molecular complexity index is 1250. The molecule has 0 N–H and O–H groups in total. The molecule has 1 aromatic carbocycles. The van der Waals surface area contributed by atoms with Gasteiger partial charge in [0.25, 0.3) is 15.6 Å². The molecule has 3 aromatic rings. The van der Waals surface area contributed by atoms with Crippen molar-refractivity contribution in [3.05, 3.63) is 92.5 Å². The molecule has 2 aromatic heterocycles. The Morgan fingerprint density at radius 2 is 1.60 bits per heavy atom. The van der Waals surface area contributed by atoms with E-state index in [0.717, 1.165) is 32.9 Å². The van der Waals surface area contributed by atoms with E-state index < -0.39 is 26.2 Å². The zero-order valence-electron chi connectivity index (χ0n) is 17.1. The fraction of sp³-hybridized carbons (Fsp3) is 0.286. The number of sulfonamides is 1. The Morgan fingerprint density at radius 1 is 0.967 bits per heavy atom. The summed E-state index contributed by atoms with van der Waals surface area (Å²) >= 11 is 0. The first-order valence-electron chi connectivity index (χ1n) is 9.47. The standard InChI is InChI=1S/C21H24N4O4S/c1-4-16-7-9-17(10-8-16)13-25(14-18-6-5-11-22-12-18)30(28,29)19-15-23(2)21(27)24(3)20(19)26/h5-12,15H,4,13-14H2,1-3H3. The number of benzene rings is 1. The summed E-state index contributed by atoms with van der Waals surface area (Å²) in [4.78, 5) is 28.2. The molecule has 30 heavy (non-hydrogen) atoms. The Hall–Kier alpha value is -3.04. The summed E-state index contributed by atoms with van der Waals surface area (Å²) in [5.41, 5.74) is 1.19. The second kappa shape index (κ2) is 8.76. The topological polar surface area (TPSA) is 94.3 Å². The maximum atomic E-state index is 13.5. The molecule has 0 saturated heterocycles. The summed E-state index contributed by atoms with van der Waals surface area (Å²) in [6.45, 7) is 2.16. The lowest BCUT2D eigenvalue weighted by Crippen LogP contribution is -2.42. The highest BCUT2D eigenvalue weighted by Crippen LogP contribution is 2.19. The summed E-state index contributed by atoms with van der Waals surface area (Å²) in [5, 5.41) is 0. The minimum absolute atomic E-state index is 0.0394. The zero-order valence-corrected chi connectivity index (χ0v) is 18.0. The molecule has 0 aliphatic heterocycles. The van der Waals surface area contributed by atoms with Crippen LogP contribution in [-0.4, -0.2) is 26.8 Å². The molecular weight excluding hydrogens is 404 g/mol. The molecule has 158 valence electrons. The van der Waals surface area contributed by atoms with Gasteiger partial charge in [-0.1, -0.05) is 37.3 Å². The highest BCUT2D eigenvalue weighted by Gasteiger charge is 2.29. The third-order valence-electron chi connectivity index (χ3n) is 4.90. The van der Waals surface area contributed by atoms with Gasteiger partial charge in [-0.3, -0.25) is 14.3 Å². The van der Waals surface area contributed by atoms with Crippen molar-refractivity contribution in [1.82, 2.24) is 18.4 Å². The Balaban J connectivity index is 2.08. The molecular formula is C21H24N4O4S. The van der Waals surface area contributed by atoms with Crippen molar-refractivity contribution < 1.29 is 8.42 Å². The SMILES string of the molecule is CCc1ccc(CN(Cc2cccnc2)S(=O)(=O)c2cn(C)c(=O)n(C)c2=O)cc1. The quantitative estimate of drug-likeness (QED) is 0.568. The average molecular weight is 429 g/mol. The molecule has 0 bridgehead atoms. The van der Waals surface area contributed by atoms with Crippen LogP contribution in [0.1, 0.15) is 23.6 Å². The van der Waals surface area contributed by atoms with Gasteiger partial charge in [0, 0.05) is 45.8 Å². The van der Waals surface area contributed by atoms with Crippen LogP contribution >= 0.6 is 0 Å². The molecule has 2 heterocycles. The molecule has 0 unspecified atom stereocenters. The van der Waals surface area contributed by atoms with Crippen LogP contribution in [0.15, 0.2) is 69.5 Å². The average Bonchev–Trinajstić information content (AvgIpc) is 2.75. The number of hydrogen-bond donors (Lipinski definition) is 0. The van der Waals surface area contributed by atoms with E-state index in [2.05, 4.69) is 4.98 Å². The van der Waals surface area contributed by atoms with E-state index in [4.69, 9.17) is 0 Å². The van der Waals surface area contributed by atoms with E-state index >= 15 is 0 Å². The number of pyridine rings is 1. The van der Waals surface area contributed by atoms with Crippen molar-refractivity contribution in [2.75, 3.05) is 0 Å². The van der Waals surface area contributed by atoms with Crippen LogP contribution < -0.4 is 11.2 Å². The third kappa shape index (κ3) is 4.42. The minimum Gasteiger partial charge on any atom is -0.302 e. The first-order chi connectivity index (χ1) is 14.2. The minimum atomic E-state index is -4.19. The van der Waals surface area contributed by atoms with E-state index in [1.165, 1.54) is 18.4 Å². The first-order valence-corrected chi connectivity index (χ1v) is 10.9. The molecule has 0 saturated carbocycles. The second-order valence-electron chi connectivity index (χ2n) is 7.06. The molecule has 0 amide bonds. The van der Waals surface area contributed by atoms with Gasteiger partial charge in [-0.25, -0.2) is 13.2 Å². The molecule has 0 aliphatic rings. The first kappa shape index (κ1) is 21.7. The van der Waals surface area contributed by atoms with Crippen molar-refractivity contribution in [1.29, 1.82) is 0 Å². The zero-order chi connectivity index (χ0) is 21.9. The number of aromatic nitrogens is 3. The second-order valence-corrected chi connectivity index (χ2v) is 8.96. The van der Waals surface area contributed by atoms with E-state index in [-0.39, 0.29) is 13.1 Å². The summed E-state index contributed by atoms with van der Waals surface area (Å²) in [6.07, 6.45) is 5.15. The monoisotopic (exact) mass is 428 g/mol. The highest BCUT2D eigenvalue weighted by molar-refractivity contribution is 7.89. The normalized spacial score (nSPS) is 11.7. The Labute approximate surface area is 175 Å². The summed E-state index contributed by atoms with van der Waals surface area (Å²) in [5.74, 6) is 0. The lowest BCUT2D eigenvalue weighted by atomic mass is 10.1. The molecule has 3 rings (SSSR count). The van der Waals surface area contributed by atoms with Gasteiger partial charge in [-0.2, -0.15) is 4.31 Å². The molecule has 0 aliphatic carbocycles. The van der Waals surface area contributed by atoms with E-state index in [0.29, 0.717) is 5.56 Å². The van der Waals surface area contributed by atoms with Gasteiger partial charge in [-0.05, 0) is 29.2 Å². The maximum absolute atomic E-state index is 13.5. The van der Waals surface area contributed by atoms with E-state index in [9.17, 15) is 18.0 Å². The molecule has 9 heteroatoms. The summed E-state index contributed by atoms with van der Waals surface area (Å²) in [7, 11) is -1.52. The predicted octanol–water partition coefficient (Wildman–Crippen LogP) is 1.43. The smallest absolute Gasteiger partial charge is 0.302 e. The van der Waals surface area contributed by atoms with Gasteiger partial charge in [0.15, 0.2) is 4.90 Å². The van der Waals surface area contributed by atoms with Crippen molar-refractivity contribution in [2.45, 2.75) is 31.3 Å². The van der Waals surface area contributed by atoms with Crippen molar-refractivity contribution in [3.63, 3.8) is 0 Å². The lowest BCUT2D eigenvalue weighted by Gasteiger charge is -2.22. The molecule has 0 atom stereocenters. The number of aryl methyl sites for hydroxylation is 2. The van der Waals surface area contributed by atoms with Crippen molar-refractivity contribution >= 4 is 10.0 Å². The van der Waals surface area contributed by atoms with Gasteiger partial charge in [0.2, 0.25) is 0 Å². The van der Waals surface area contributed by atoms with Crippen LogP contribution in [0.4, 0.5) is 0 Å². The largest absolute Gasteiger partial charge is 0.330 e. The molecule has 8 nitrogen and oxygen atoms in total. The fourth-order valence-electron chi connectivity index (χ4n) is 3.10. The van der Waals surface area contributed by atoms with Crippen LogP contribution in [-0.2, 0) is 43.6 Å². The van der Waals surface area contributed by atoms with Crippen molar-refractivity contribution in [2.24, 2.45) is 14.1 Å². The third-order valence-corrected chi connectivity index (χ3v) is 6.68. The van der Waals surface area contributed by atoms with Crippen LogP contribution in [0.25, 0.3) is 0 Å². The molecule has 0 spiro atoms.